The van der Waals surface area contributed by atoms with Crippen LogP contribution in [0, 0.1) is 11.7 Å². The Hall–Kier alpha value is -4.30. The fraction of sp³-hybridized carbons (Fsp3) is 0.200. The average molecular weight is 549 g/mol. The number of fused-ring (bicyclic) bond motifs is 1. The number of methoxy groups -OCH3 is 2. The molecule has 39 heavy (non-hydrogen) atoms. The highest BCUT2D eigenvalue weighted by Crippen LogP contribution is 2.60. The molecular formula is C30H26ClFN2O5. The number of imide groups is 1. The number of hydrogen-bond donors (Lipinski definition) is 2. The van der Waals surface area contributed by atoms with Crippen LogP contribution in [-0.4, -0.2) is 36.1 Å². The van der Waals surface area contributed by atoms with Gasteiger partial charge in [0, 0.05) is 28.6 Å². The Bertz CT molecular complexity index is 1490. The number of aromatic hydroxyl groups is 1. The van der Waals surface area contributed by atoms with Crippen LogP contribution >= 0.6 is 11.6 Å². The third-order valence-corrected chi connectivity index (χ3v) is 7.74. The largest absolute Gasteiger partial charge is 0.507 e. The zero-order valence-corrected chi connectivity index (χ0v) is 22.0. The molecule has 1 fully saturated rings. The van der Waals surface area contributed by atoms with Gasteiger partial charge in [-0.1, -0.05) is 42.5 Å². The van der Waals surface area contributed by atoms with E-state index < -0.39 is 34.9 Å². The van der Waals surface area contributed by atoms with Crippen LogP contribution in [0.5, 0.6) is 17.2 Å². The fourth-order valence-electron chi connectivity index (χ4n) is 5.77. The molecule has 3 aromatic carbocycles. The lowest BCUT2D eigenvalue weighted by molar-refractivity contribution is -0.138. The van der Waals surface area contributed by atoms with Crippen molar-refractivity contribution in [2.75, 3.05) is 19.6 Å². The molecule has 1 aliphatic heterocycles. The van der Waals surface area contributed by atoms with Crippen molar-refractivity contribution in [2.24, 2.45) is 5.92 Å². The van der Waals surface area contributed by atoms with Crippen LogP contribution in [0.15, 0.2) is 85.0 Å². The molecule has 2 N–H and O–H groups in total. The van der Waals surface area contributed by atoms with Gasteiger partial charge in [0.05, 0.1) is 31.2 Å². The molecule has 2 aliphatic rings. The Morgan fingerprint density at radius 3 is 2.41 bits per heavy atom. The maximum atomic E-state index is 14.6. The maximum absolute atomic E-state index is 14.6. The van der Waals surface area contributed by atoms with E-state index in [0.717, 1.165) is 5.01 Å². The summed E-state index contributed by atoms with van der Waals surface area (Å²) in [5, 5.41) is 12.7. The smallest absolute Gasteiger partial charge is 0.260 e. The first-order valence-corrected chi connectivity index (χ1v) is 12.6. The number of carbonyl (C=O) groups excluding carboxylic acids is 2. The number of phenolic OH excluding ortho intramolecular Hbond substituents is 1. The SMILES string of the molecule is C=CC1=CC[C@H]2C(=O)N(Nc3ccc(F)cc3)C(=O)[C@@]2(c2ccc(Cl)cc2)[C@H]1c1c(O)cc(OC)cc1OC. The number of ether oxygens (including phenoxy) is 2. The summed E-state index contributed by atoms with van der Waals surface area (Å²) in [5.41, 5.74) is 3.22. The minimum atomic E-state index is -1.51. The zero-order chi connectivity index (χ0) is 27.9. The number of anilines is 1. The Labute approximate surface area is 230 Å². The lowest BCUT2D eigenvalue weighted by Crippen LogP contribution is -2.48. The van der Waals surface area contributed by atoms with Crippen molar-refractivity contribution in [3.05, 3.63) is 107 Å². The van der Waals surface area contributed by atoms with Gasteiger partial charge in [-0.2, -0.15) is 5.01 Å². The van der Waals surface area contributed by atoms with E-state index >= 15 is 0 Å². The van der Waals surface area contributed by atoms with Crippen LogP contribution < -0.4 is 14.9 Å². The molecule has 9 heteroatoms. The number of nitrogens with zero attached hydrogens (tertiary/aromatic N) is 1. The number of rotatable bonds is 7. The van der Waals surface area contributed by atoms with Gasteiger partial charge in [-0.3, -0.25) is 15.0 Å². The van der Waals surface area contributed by atoms with E-state index in [2.05, 4.69) is 12.0 Å². The van der Waals surface area contributed by atoms with Crippen molar-refractivity contribution in [3.8, 4) is 17.2 Å². The van der Waals surface area contributed by atoms with Gasteiger partial charge >= 0.3 is 0 Å². The number of benzene rings is 3. The molecule has 0 radical (unpaired) electrons. The normalized spacial score (nSPS) is 22.3. The van der Waals surface area contributed by atoms with Crippen molar-refractivity contribution in [3.63, 3.8) is 0 Å². The van der Waals surface area contributed by atoms with Gasteiger partial charge in [-0.25, -0.2) is 4.39 Å². The number of carbonyl (C=O) groups is 2. The number of hydrogen-bond acceptors (Lipinski definition) is 6. The molecule has 0 saturated carbocycles. The molecule has 0 bridgehead atoms. The molecule has 2 amide bonds. The predicted octanol–water partition coefficient (Wildman–Crippen LogP) is 5.75. The lowest BCUT2D eigenvalue weighted by atomic mass is 9.55. The first-order chi connectivity index (χ1) is 18.8. The van der Waals surface area contributed by atoms with E-state index in [-0.39, 0.29) is 17.9 Å². The number of allylic oxidation sites excluding steroid dienone is 3. The number of phenols is 1. The third kappa shape index (κ3) is 4.12. The summed E-state index contributed by atoms with van der Waals surface area (Å²) in [6, 6.07) is 15.1. The highest BCUT2D eigenvalue weighted by atomic mass is 35.5. The second-order valence-electron chi connectivity index (χ2n) is 9.37. The molecule has 1 saturated heterocycles. The Balaban J connectivity index is 1.78. The maximum Gasteiger partial charge on any atom is 0.260 e. The van der Waals surface area contributed by atoms with Gasteiger partial charge in [0.15, 0.2) is 0 Å². The molecule has 0 spiro atoms. The summed E-state index contributed by atoms with van der Waals surface area (Å²) in [7, 11) is 2.92. The number of hydrazine groups is 1. The van der Waals surface area contributed by atoms with Gasteiger partial charge in [-0.15, -0.1) is 0 Å². The number of amides is 2. The summed E-state index contributed by atoms with van der Waals surface area (Å²) >= 11 is 6.21. The second-order valence-corrected chi connectivity index (χ2v) is 9.80. The van der Waals surface area contributed by atoms with Gasteiger partial charge in [0.25, 0.3) is 11.8 Å². The molecular weight excluding hydrogens is 523 g/mol. The van der Waals surface area contributed by atoms with Crippen molar-refractivity contribution < 1.29 is 28.6 Å². The van der Waals surface area contributed by atoms with Gasteiger partial charge in [0.2, 0.25) is 0 Å². The van der Waals surface area contributed by atoms with Crippen LogP contribution in [0.25, 0.3) is 0 Å². The minimum absolute atomic E-state index is 0.164. The molecule has 0 aromatic heterocycles. The van der Waals surface area contributed by atoms with E-state index in [1.165, 1.54) is 44.6 Å². The van der Waals surface area contributed by atoms with Crippen molar-refractivity contribution >= 4 is 29.1 Å². The van der Waals surface area contributed by atoms with Crippen LogP contribution in [0.4, 0.5) is 10.1 Å². The van der Waals surface area contributed by atoms with Gasteiger partial charge in [0.1, 0.15) is 23.1 Å². The molecule has 1 heterocycles. The molecule has 7 nitrogen and oxygen atoms in total. The molecule has 0 unspecified atom stereocenters. The first kappa shape index (κ1) is 26.3. The lowest BCUT2D eigenvalue weighted by Gasteiger charge is -2.43. The van der Waals surface area contributed by atoms with Crippen molar-refractivity contribution in [2.45, 2.75) is 17.8 Å². The van der Waals surface area contributed by atoms with Crippen LogP contribution in [0.1, 0.15) is 23.5 Å². The Kier molecular flexibility index (Phi) is 6.82. The molecule has 3 aromatic rings. The summed E-state index contributed by atoms with van der Waals surface area (Å²) in [6.45, 7) is 3.97. The van der Waals surface area contributed by atoms with Gasteiger partial charge in [-0.05, 0) is 54.0 Å². The zero-order valence-electron chi connectivity index (χ0n) is 21.3. The minimum Gasteiger partial charge on any atom is -0.507 e. The molecule has 200 valence electrons. The van der Waals surface area contributed by atoms with Gasteiger partial charge < -0.3 is 14.6 Å². The quantitative estimate of drug-likeness (QED) is 0.365. The monoisotopic (exact) mass is 548 g/mol. The Morgan fingerprint density at radius 1 is 1.10 bits per heavy atom. The predicted molar refractivity (Wildman–Crippen MR) is 145 cm³/mol. The summed E-state index contributed by atoms with van der Waals surface area (Å²) in [6.07, 6.45) is 3.72. The Morgan fingerprint density at radius 2 is 1.79 bits per heavy atom. The van der Waals surface area contributed by atoms with E-state index in [9.17, 15) is 19.1 Å². The average Bonchev–Trinajstić information content (AvgIpc) is 3.16. The number of nitrogens with one attached hydrogen (secondary N) is 1. The topological polar surface area (TPSA) is 88.1 Å². The van der Waals surface area contributed by atoms with E-state index in [0.29, 0.717) is 33.2 Å². The molecule has 5 rings (SSSR count). The summed E-state index contributed by atoms with van der Waals surface area (Å²) in [5.74, 6) is -2.70. The van der Waals surface area contributed by atoms with Crippen LogP contribution in [-0.2, 0) is 15.0 Å². The third-order valence-electron chi connectivity index (χ3n) is 7.48. The van der Waals surface area contributed by atoms with E-state index in [1.807, 2.05) is 6.08 Å². The summed E-state index contributed by atoms with van der Waals surface area (Å²) < 4.78 is 24.5. The highest BCUT2D eigenvalue weighted by molar-refractivity contribution is 6.30. The molecule has 1 aliphatic carbocycles. The second kappa shape index (κ2) is 10.1. The highest BCUT2D eigenvalue weighted by Gasteiger charge is 2.66. The summed E-state index contributed by atoms with van der Waals surface area (Å²) in [4.78, 5) is 28.6. The van der Waals surface area contributed by atoms with Crippen LogP contribution in [0.2, 0.25) is 5.02 Å². The van der Waals surface area contributed by atoms with E-state index in [1.54, 1.807) is 36.4 Å². The first-order valence-electron chi connectivity index (χ1n) is 12.2. The van der Waals surface area contributed by atoms with Crippen LogP contribution in [0.3, 0.4) is 0 Å². The van der Waals surface area contributed by atoms with Crippen molar-refractivity contribution in [1.82, 2.24) is 5.01 Å². The van der Waals surface area contributed by atoms with E-state index in [4.69, 9.17) is 21.1 Å². The van der Waals surface area contributed by atoms with Crippen molar-refractivity contribution in [1.29, 1.82) is 0 Å². The standard InChI is InChI=1S/C30H26ClFN2O5/c1-4-17-5-14-23-28(36)34(33-21-12-10-20(32)11-13-21)29(37)30(23,18-6-8-19(31)9-7-18)27(17)26-24(35)15-22(38-2)16-25(26)39-3/h4-13,15-16,23,27,33,35H,1,14H2,2-3H3/t23-,27+,30+/m0/s1. The number of halogens is 2. The molecule has 3 atom stereocenters. The fourth-order valence-corrected chi connectivity index (χ4v) is 5.89.